The Morgan fingerprint density at radius 1 is 1.17 bits per heavy atom. The average Bonchev–Trinajstić information content (AvgIpc) is 2.51. The molecule has 0 aliphatic carbocycles. The van der Waals surface area contributed by atoms with E-state index < -0.39 is 23.0 Å². The van der Waals surface area contributed by atoms with E-state index in [0.29, 0.717) is 4.73 Å². The van der Waals surface area contributed by atoms with Crippen LogP contribution in [0.3, 0.4) is 0 Å². The smallest absolute Gasteiger partial charge is 0.365 e. The van der Waals surface area contributed by atoms with Gasteiger partial charge in [-0.25, -0.2) is 14.0 Å². The summed E-state index contributed by atoms with van der Waals surface area (Å²) >= 11 is 0. The van der Waals surface area contributed by atoms with E-state index in [1.54, 1.807) is 12.1 Å². The van der Waals surface area contributed by atoms with Gasteiger partial charge in [0, 0.05) is 5.69 Å². The number of nitrogen functional groups attached to an aromatic ring is 1. The van der Waals surface area contributed by atoms with Crippen molar-refractivity contribution in [1.29, 1.82) is 0 Å². The maximum Gasteiger partial charge on any atom is 0.365 e. The van der Waals surface area contributed by atoms with Crippen LogP contribution in [0, 0.1) is 5.82 Å². The molecule has 0 saturated heterocycles. The maximum absolute atomic E-state index is 13.0. The normalized spacial score (nSPS) is 10.7. The highest BCUT2D eigenvalue weighted by Gasteiger charge is 2.16. The van der Waals surface area contributed by atoms with Gasteiger partial charge < -0.3 is 10.6 Å². The van der Waals surface area contributed by atoms with Crippen LogP contribution in [0.25, 0.3) is 10.9 Å². The number of aromatic nitrogens is 2. The van der Waals surface area contributed by atoms with Crippen LogP contribution in [-0.4, -0.2) is 15.7 Å². The molecule has 23 heavy (non-hydrogen) atoms. The third-order valence-corrected chi connectivity index (χ3v) is 3.18. The van der Waals surface area contributed by atoms with Crippen molar-refractivity contribution in [3.8, 4) is 0 Å². The molecule has 7 nitrogen and oxygen atoms in total. The number of halogens is 1. The van der Waals surface area contributed by atoms with Gasteiger partial charge in [-0.1, -0.05) is 12.1 Å². The Morgan fingerprint density at radius 3 is 2.65 bits per heavy atom. The first-order valence-corrected chi connectivity index (χ1v) is 6.49. The maximum atomic E-state index is 13.0. The standard InChI is InChI=1S/C15H10FN3O4/c16-8-5-6-9(11(17)7-8)14(21)23-19-12-4-2-1-3-10(12)13(20)18-15(19)22/h1-7H,17H2,(H,18,20,22). The Hall–Kier alpha value is -3.42. The van der Waals surface area contributed by atoms with E-state index in [-0.39, 0.29) is 22.2 Å². The monoisotopic (exact) mass is 315 g/mol. The second-order valence-electron chi connectivity index (χ2n) is 4.68. The second kappa shape index (κ2) is 5.41. The summed E-state index contributed by atoms with van der Waals surface area (Å²) in [7, 11) is 0. The fourth-order valence-corrected chi connectivity index (χ4v) is 2.11. The molecule has 0 spiro atoms. The summed E-state index contributed by atoms with van der Waals surface area (Å²) in [4.78, 5) is 42.8. The van der Waals surface area contributed by atoms with Crippen molar-refractivity contribution in [3.05, 3.63) is 74.7 Å². The molecule has 0 unspecified atom stereocenters. The van der Waals surface area contributed by atoms with Crippen molar-refractivity contribution in [1.82, 2.24) is 9.71 Å². The Balaban J connectivity index is 2.10. The van der Waals surface area contributed by atoms with Crippen molar-refractivity contribution >= 4 is 22.6 Å². The van der Waals surface area contributed by atoms with Crippen LogP contribution in [0.4, 0.5) is 10.1 Å². The first kappa shape index (κ1) is 14.5. The van der Waals surface area contributed by atoms with Gasteiger partial charge >= 0.3 is 11.7 Å². The number of nitrogens with one attached hydrogen (secondary N) is 1. The number of nitrogens with two attached hydrogens (primary N) is 1. The van der Waals surface area contributed by atoms with Gasteiger partial charge in [-0.3, -0.25) is 9.78 Å². The molecule has 8 heteroatoms. The molecule has 0 fully saturated rings. The number of para-hydroxylation sites is 1. The number of benzene rings is 2. The van der Waals surface area contributed by atoms with E-state index in [9.17, 15) is 18.8 Å². The van der Waals surface area contributed by atoms with Gasteiger partial charge in [0.1, 0.15) is 5.82 Å². The minimum absolute atomic E-state index is 0.103. The van der Waals surface area contributed by atoms with Crippen molar-refractivity contribution in [2.24, 2.45) is 0 Å². The number of H-pyrrole nitrogens is 1. The fraction of sp³-hybridized carbons (Fsp3) is 0. The Morgan fingerprint density at radius 2 is 1.91 bits per heavy atom. The van der Waals surface area contributed by atoms with Crippen molar-refractivity contribution in [2.45, 2.75) is 0 Å². The third-order valence-electron chi connectivity index (χ3n) is 3.18. The van der Waals surface area contributed by atoms with Gasteiger partial charge in [0.2, 0.25) is 0 Å². The predicted octanol–water partition coefficient (Wildman–Crippen LogP) is 0.680. The molecule has 116 valence electrons. The quantitative estimate of drug-likeness (QED) is 0.676. The summed E-state index contributed by atoms with van der Waals surface area (Å²) in [6, 6.07) is 9.26. The molecule has 2 aromatic carbocycles. The van der Waals surface area contributed by atoms with E-state index in [0.717, 1.165) is 18.2 Å². The lowest BCUT2D eigenvalue weighted by atomic mass is 10.2. The molecule has 1 heterocycles. The third kappa shape index (κ3) is 2.57. The zero-order valence-corrected chi connectivity index (χ0v) is 11.6. The molecule has 3 rings (SSSR count). The van der Waals surface area contributed by atoms with E-state index >= 15 is 0 Å². The number of aromatic amines is 1. The molecule has 0 atom stereocenters. The SMILES string of the molecule is Nc1cc(F)ccc1C(=O)On1c(=O)[nH]c(=O)c2ccccc21. The van der Waals surface area contributed by atoms with Crippen LogP contribution in [-0.2, 0) is 0 Å². The highest BCUT2D eigenvalue weighted by atomic mass is 19.1. The Bertz CT molecular complexity index is 1040. The molecule has 0 aliphatic heterocycles. The van der Waals surface area contributed by atoms with E-state index in [1.807, 2.05) is 4.98 Å². The molecule has 0 bridgehead atoms. The first-order chi connectivity index (χ1) is 11.0. The number of carbonyl (C=O) groups is 1. The number of hydrogen-bond acceptors (Lipinski definition) is 5. The summed E-state index contributed by atoms with van der Waals surface area (Å²) in [5.41, 5.74) is 3.94. The van der Waals surface area contributed by atoms with E-state index in [4.69, 9.17) is 10.6 Å². The number of hydrogen-bond donors (Lipinski definition) is 2. The number of anilines is 1. The van der Waals surface area contributed by atoms with Crippen molar-refractivity contribution in [3.63, 3.8) is 0 Å². The average molecular weight is 315 g/mol. The van der Waals surface area contributed by atoms with Crippen LogP contribution < -0.4 is 21.8 Å². The topological polar surface area (TPSA) is 107 Å². The zero-order valence-electron chi connectivity index (χ0n) is 11.6. The summed E-state index contributed by atoms with van der Waals surface area (Å²) in [6.07, 6.45) is 0. The molecule has 1 aromatic heterocycles. The number of carbonyl (C=O) groups excluding carboxylic acids is 1. The lowest BCUT2D eigenvalue weighted by Crippen LogP contribution is -2.36. The van der Waals surface area contributed by atoms with Gasteiger partial charge in [0.15, 0.2) is 0 Å². The van der Waals surface area contributed by atoms with Gasteiger partial charge in [-0.05, 0) is 30.3 Å². The molecule has 0 amide bonds. The lowest BCUT2D eigenvalue weighted by molar-refractivity contribution is 0.0460. The van der Waals surface area contributed by atoms with Crippen LogP contribution in [0.2, 0.25) is 0 Å². The largest absolute Gasteiger partial charge is 0.398 e. The summed E-state index contributed by atoms with van der Waals surface area (Å²) in [6.45, 7) is 0. The summed E-state index contributed by atoms with van der Waals surface area (Å²) in [5, 5.41) is 0.173. The number of fused-ring (bicyclic) bond motifs is 1. The van der Waals surface area contributed by atoms with Crippen molar-refractivity contribution < 1.29 is 14.0 Å². The molecular weight excluding hydrogens is 305 g/mol. The van der Waals surface area contributed by atoms with E-state index in [1.165, 1.54) is 12.1 Å². The lowest BCUT2D eigenvalue weighted by Gasteiger charge is -2.10. The molecule has 0 radical (unpaired) electrons. The number of rotatable bonds is 2. The summed E-state index contributed by atoms with van der Waals surface area (Å²) < 4.78 is 13.7. The fourth-order valence-electron chi connectivity index (χ4n) is 2.11. The molecule has 3 aromatic rings. The second-order valence-corrected chi connectivity index (χ2v) is 4.68. The minimum atomic E-state index is -0.957. The van der Waals surface area contributed by atoms with E-state index in [2.05, 4.69) is 0 Å². The van der Waals surface area contributed by atoms with Crippen molar-refractivity contribution in [2.75, 3.05) is 5.73 Å². The molecular formula is C15H10FN3O4. The minimum Gasteiger partial charge on any atom is -0.398 e. The predicted molar refractivity (Wildman–Crippen MR) is 80.6 cm³/mol. The van der Waals surface area contributed by atoms with Crippen LogP contribution in [0.5, 0.6) is 0 Å². The van der Waals surface area contributed by atoms with Crippen LogP contribution in [0.1, 0.15) is 10.4 Å². The van der Waals surface area contributed by atoms with Gasteiger partial charge in [0.05, 0.1) is 16.5 Å². The highest BCUT2D eigenvalue weighted by Crippen LogP contribution is 2.14. The van der Waals surface area contributed by atoms with Gasteiger partial charge in [-0.2, -0.15) is 0 Å². The summed E-state index contributed by atoms with van der Waals surface area (Å²) in [5.74, 6) is -1.56. The molecule has 0 aliphatic rings. The Labute approximate surface area is 127 Å². The number of nitrogens with zero attached hydrogens (tertiary/aromatic N) is 1. The first-order valence-electron chi connectivity index (χ1n) is 6.49. The molecule has 3 N–H and O–H groups in total. The van der Waals surface area contributed by atoms with Gasteiger partial charge in [-0.15, -0.1) is 4.73 Å². The Kier molecular flexibility index (Phi) is 3.41. The van der Waals surface area contributed by atoms with Crippen LogP contribution >= 0.6 is 0 Å². The molecule has 0 saturated carbocycles. The zero-order chi connectivity index (χ0) is 16.6. The highest BCUT2D eigenvalue weighted by molar-refractivity contribution is 5.95. The van der Waals surface area contributed by atoms with Crippen LogP contribution in [0.15, 0.2) is 52.1 Å². The van der Waals surface area contributed by atoms with Gasteiger partial charge in [0.25, 0.3) is 5.56 Å².